The molecule has 1 atom stereocenters. The molecule has 1 aromatic carbocycles. The van der Waals surface area contributed by atoms with Crippen LogP contribution in [0.25, 0.3) is 10.1 Å². The number of hydrogen-bond acceptors (Lipinski definition) is 3. The fourth-order valence-electron chi connectivity index (χ4n) is 2.75. The van der Waals surface area contributed by atoms with Crippen molar-refractivity contribution in [3.63, 3.8) is 0 Å². The SMILES string of the molecule is C[C@H](NC(=O)Nc1ccc2sccc2c1)C1CCOCC1. The number of hydrogen-bond donors (Lipinski definition) is 2. The van der Waals surface area contributed by atoms with Gasteiger partial charge >= 0.3 is 6.03 Å². The second kappa shape index (κ2) is 6.45. The van der Waals surface area contributed by atoms with Gasteiger partial charge in [-0.05, 0) is 60.7 Å². The maximum Gasteiger partial charge on any atom is 0.319 e. The zero-order chi connectivity index (χ0) is 14.7. The van der Waals surface area contributed by atoms with Gasteiger partial charge < -0.3 is 15.4 Å². The lowest BCUT2D eigenvalue weighted by Crippen LogP contribution is -2.42. The third-order valence-corrected chi connectivity index (χ3v) is 4.94. The fourth-order valence-corrected chi connectivity index (χ4v) is 3.52. The molecule has 5 heteroatoms. The first kappa shape index (κ1) is 14.4. The van der Waals surface area contributed by atoms with Crippen molar-refractivity contribution in [3.8, 4) is 0 Å². The van der Waals surface area contributed by atoms with Crippen molar-refractivity contribution >= 4 is 33.1 Å². The molecule has 1 aliphatic rings. The molecule has 1 aromatic heterocycles. The second-order valence-electron chi connectivity index (χ2n) is 5.51. The number of carbonyl (C=O) groups excluding carboxylic acids is 1. The minimum absolute atomic E-state index is 0.136. The summed E-state index contributed by atoms with van der Waals surface area (Å²) in [6.07, 6.45) is 2.03. The van der Waals surface area contributed by atoms with E-state index in [1.54, 1.807) is 11.3 Å². The summed E-state index contributed by atoms with van der Waals surface area (Å²) in [6, 6.07) is 8.08. The Morgan fingerprint density at radius 3 is 2.95 bits per heavy atom. The van der Waals surface area contributed by atoms with Crippen LogP contribution in [0.5, 0.6) is 0 Å². The summed E-state index contributed by atoms with van der Waals surface area (Å²) in [4.78, 5) is 12.1. The number of anilines is 1. The number of benzene rings is 1. The Bertz CT molecular complexity index is 620. The van der Waals surface area contributed by atoms with Crippen LogP contribution in [0.1, 0.15) is 19.8 Å². The van der Waals surface area contributed by atoms with Crippen LogP contribution in [0, 0.1) is 5.92 Å². The highest BCUT2D eigenvalue weighted by Gasteiger charge is 2.21. The average molecular weight is 304 g/mol. The first-order chi connectivity index (χ1) is 10.2. The molecule has 2 heterocycles. The molecule has 21 heavy (non-hydrogen) atoms. The van der Waals surface area contributed by atoms with E-state index in [4.69, 9.17) is 4.74 Å². The van der Waals surface area contributed by atoms with E-state index < -0.39 is 0 Å². The molecule has 0 unspecified atom stereocenters. The zero-order valence-electron chi connectivity index (χ0n) is 12.1. The van der Waals surface area contributed by atoms with E-state index in [2.05, 4.69) is 29.0 Å². The minimum atomic E-state index is -0.136. The summed E-state index contributed by atoms with van der Waals surface area (Å²) in [5.74, 6) is 0.504. The van der Waals surface area contributed by atoms with Crippen LogP contribution in [0.4, 0.5) is 10.5 Å². The predicted molar refractivity (Wildman–Crippen MR) is 87.0 cm³/mol. The predicted octanol–water partition coefficient (Wildman–Crippen LogP) is 3.84. The van der Waals surface area contributed by atoms with Gasteiger partial charge in [-0.1, -0.05) is 0 Å². The Kier molecular flexibility index (Phi) is 4.41. The molecule has 2 amide bonds. The van der Waals surface area contributed by atoms with Crippen LogP contribution in [0.15, 0.2) is 29.6 Å². The van der Waals surface area contributed by atoms with Gasteiger partial charge in [-0.3, -0.25) is 0 Å². The highest BCUT2D eigenvalue weighted by molar-refractivity contribution is 7.17. The molecule has 0 spiro atoms. The van der Waals surface area contributed by atoms with E-state index in [1.165, 1.54) is 4.70 Å². The van der Waals surface area contributed by atoms with E-state index in [0.29, 0.717) is 5.92 Å². The maximum absolute atomic E-state index is 12.1. The van der Waals surface area contributed by atoms with E-state index in [0.717, 1.165) is 37.1 Å². The Hall–Kier alpha value is -1.59. The molecule has 0 radical (unpaired) electrons. The Balaban J connectivity index is 1.57. The fraction of sp³-hybridized carbons (Fsp3) is 0.438. The van der Waals surface area contributed by atoms with Crippen LogP contribution in [-0.2, 0) is 4.74 Å². The number of urea groups is 1. The van der Waals surface area contributed by atoms with Crippen molar-refractivity contribution in [1.29, 1.82) is 0 Å². The van der Waals surface area contributed by atoms with Crippen LogP contribution < -0.4 is 10.6 Å². The molecule has 4 nitrogen and oxygen atoms in total. The lowest BCUT2D eigenvalue weighted by Gasteiger charge is -2.28. The molecule has 1 fully saturated rings. The number of ether oxygens (including phenoxy) is 1. The molecule has 0 bridgehead atoms. The summed E-state index contributed by atoms with van der Waals surface area (Å²) in [7, 11) is 0. The number of rotatable bonds is 3. The van der Waals surface area contributed by atoms with Gasteiger partial charge in [0.15, 0.2) is 0 Å². The van der Waals surface area contributed by atoms with Crippen molar-refractivity contribution in [2.45, 2.75) is 25.8 Å². The largest absolute Gasteiger partial charge is 0.381 e. The van der Waals surface area contributed by atoms with Gasteiger partial charge in [0.2, 0.25) is 0 Å². The maximum atomic E-state index is 12.1. The lowest BCUT2D eigenvalue weighted by molar-refractivity contribution is 0.0573. The Morgan fingerprint density at radius 2 is 2.14 bits per heavy atom. The van der Waals surface area contributed by atoms with Crippen LogP contribution in [0.2, 0.25) is 0 Å². The van der Waals surface area contributed by atoms with Crippen molar-refractivity contribution in [1.82, 2.24) is 5.32 Å². The number of nitrogens with one attached hydrogen (secondary N) is 2. The number of carbonyl (C=O) groups is 1. The van der Waals surface area contributed by atoms with Crippen molar-refractivity contribution < 1.29 is 9.53 Å². The summed E-state index contributed by atoms with van der Waals surface area (Å²) < 4.78 is 6.59. The third-order valence-electron chi connectivity index (χ3n) is 4.04. The highest BCUT2D eigenvalue weighted by Crippen LogP contribution is 2.24. The number of amides is 2. The summed E-state index contributed by atoms with van der Waals surface area (Å²) in [5.41, 5.74) is 0.831. The smallest absolute Gasteiger partial charge is 0.319 e. The molecule has 2 N–H and O–H groups in total. The molecular weight excluding hydrogens is 284 g/mol. The first-order valence-electron chi connectivity index (χ1n) is 7.35. The molecule has 2 aromatic rings. The molecule has 0 saturated carbocycles. The quantitative estimate of drug-likeness (QED) is 0.905. The monoisotopic (exact) mass is 304 g/mol. The van der Waals surface area contributed by atoms with E-state index >= 15 is 0 Å². The van der Waals surface area contributed by atoms with Crippen LogP contribution in [-0.4, -0.2) is 25.3 Å². The van der Waals surface area contributed by atoms with Gasteiger partial charge in [-0.2, -0.15) is 0 Å². The lowest BCUT2D eigenvalue weighted by atomic mass is 9.93. The average Bonchev–Trinajstić information content (AvgIpc) is 2.95. The van der Waals surface area contributed by atoms with Gasteiger partial charge in [0, 0.05) is 29.6 Å². The van der Waals surface area contributed by atoms with Gasteiger partial charge in [0.1, 0.15) is 0 Å². The van der Waals surface area contributed by atoms with Gasteiger partial charge in [-0.25, -0.2) is 4.79 Å². The number of fused-ring (bicyclic) bond motifs is 1. The number of thiophene rings is 1. The third kappa shape index (κ3) is 3.54. The van der Waals surface area contributed by atoms with Crippen molar-refractivity contribution in [2.75, 3.05) is 18.5 Å². The zero-order valence-corrected chi connectivity index (χ0v) is 12.9. The highest BCUT2D eigenvalue weighted by atomic mass is 32.1. The van der Waals surface area contributed by atoms with Gasteiger partial charge in [0.25, 0.3) is 0 Å². The molecule has 1 aliphatic heterocycles. The first-order valence-corrected chi connectivity index (χ1v) is 8.23. The van der Waals surface area contributed by atoms with Crippen LogP contribution >= 0.6 is 11.3 Å². The molecule has 0 aliphatic carbocycles. The van der Waals surface area contributed by atoms with Gasteiger partial charge in [-0.15, -0.1) is 11.3 Å². The summed E-state index contributed by atoms with van der Waals surface area (Å²) in [5, 5.41) is 9.17. The normalized spacial score (nSPS) is 17.6. The Morgan fingerprint density at radius 1 is 1.33 bits per heavy atom. The van der Waals surface area contributed by atoms with E-state index in [-0.39, 0.29) is 12.1 Å². The van der Waals surface area contributed by atoms with E-state index in [1.807, 2.05) is 18.2 Å². The van der Waals surface area contributed by atoms with E-state index in [9.17, 15) is 4.79 Å². The molecule has 1 saturated heterocycles. The molecule has 112 valence electrons. The topological polar surface area (TPSA) is 50.4 Å². The summed E-state index contributed by atoms with van der Waals surface area (Å²) in [6.45, 7) is 3.66. The minimum Gasteiger partial charge on any atom is -0.381 e. The second-order valence-corrected chi connectivity index (χ2v) is 6.46. The standard InChI is InChI=1S/C16H20N2O2S/c1-11(12-4-7-20-8-5-12)17-16(19)18-14-2-3-15-13(10-14)6-9-21-15/h2-3,6,9-12H,4-5,7-8H2,1H3,(H2,17,18,19)/t11-/m0/s1. The van der Waals surface area contributed by atoms with Crippen LogP contribution in [0.3, 0.4) is 0 Å². The summed E-state index contributed by atoms with van der Waals surface area (Å²) >= 11 is 1.70. The van der Waals surface area contributed by atoms with Crippen molar-refractivity contribution in [3.05, 3.63) is 29.6 Å². The molecular formula is C16H20N2O2S. The molecule has 3 rings (SSSR count). The Labute approximate surface area is 128 Å². The van der Waals surface area contributed by atoms with Crippen molar-refractivity contribution in [2.24, 2.45) is 5.92 Å². The van der Waals surface area contributed by atoms with Gasteiger partial charge in [0.05, 0.1) is 0 Å².